The van der Waals surface area contributed by atoms with Crippen LogP contribution in [0.4, 0.5) is 12.9 Å². The first kappa shape index (κ1) is 16.0. The minimum Gasteiger partial charge on any atom is -0.449 e. The van der Waals surface area contributed by atoms with Gasteiger partial charge in [-0.05, 0) is 11.1 Å². The molecule has 2 rings (SSSR count). The van der Waals surface area contributed by atoms with Gasteiger partial charge in [0.1, 0.15) is 0 Å². The summed E-state index contributed by atoms with van der Waals surface area (Å²) in [5.41, 5.74) is 1.82. The van der Waals surface area contributed by atoms with Gasteiger partial charge < -0.3 is 12.9 Å². The molecule has 5 heteroatoms. The van der Waals surface area contributed by atoms with Crippen LogP contribution >= 0.6 is 0 Å². The van der Waals surface area contributed by atoms with Crippen molar-refractivity contribution in [1.82, 2.24) is 0 Å². The second kappa shape index (κ2) is 6.91. The van der Waals surface area contributed by atoms with E-state index in [1.807, 2.05) is 30.3 Å². The van der Waals surface area contributed by atoms with Gasteiger partial charge in [0, 0.05) is 0 Å². The van der Waals surface area contributed by atoms with Crippen molar-refractivity contribution in [1.29, 1.82) is 0 Å². The van der Waals surface area contributed by atoms with Crippen molar-refractivity contribution < 1.29 is 64.3 Å². The van der Waals surface area contributed by atoms with Crippen LogP contribution in [0.25, 0.3) is 11.1 Å². The molecule has 0 saturated heterocycles. The van der Waals surface area contributed by atoms with E-state index >= 15 is 0 Å². The van der Waals surface area contributed by atoms with Crippen molar-refractivity contribution in [2.24, 2.45) is 0 Å². The molecule has 88 valence electrons. The molecule has 2 aromatic carbocycles. The van der Waals surface area contributed by atoms with Crippen LogP contribution in [-0.4, -0.2) is 6.98 Å². The molecule has 0 atom stereocenters. The van der Waals surface area contributed by atoms with E-state index in [2.05, 4.69) is 0 Å². The van der Waals surface area contributed by atoms with Crippen molar-refractivity contribution >= 4 is 6.98 Å². The maximum atomic E-state index is 12.5. The molecule has 0 radical (unpaired) electrons. The van der Waals surface area contributed by atoms with Gasteiger partial charge in [0.05, 0.1) is 0 Å². The summed E-state index contributed by atoms with van der Waals surface area (Å²) < 4.78 is 37.5. The van der Waals surface area contributed by atoms with Crippen LogP contribution in [0.2, 0.25) is 0 Å². The number of hydrogen-bond acceptors (Lipinski definition) is 0. The van der Waals surface area contributed by atoms with Gasteiger partial charge in [-0.2, -0.15) is 0 Å². The van der Waals surface area contributed by atoms with Crippen molar-refractivity contribution in [3.8, 4) is 11.1 Å². The summed E-state index contributed by atoms with van der Waals surface area (Å²) in [5.74, 6) is 0. The first-order valence-electron chi connectivity index (χ1n) is 5.40. The predicted molar refractivity (Wildman–Crippen MR) is 64.7 cm³/mol. The maximum Gasteiger partial charge on any atom is 1.00 e. The van der Waals surface area contributed by atoms with Gasteiger partial charge in [-0.3, -0.25) is 0 Å². The summed E-state index contributed by atoms with van der Waals surface area (Å²) in [6.45, 7) is -4.80. The fourth-order valence-electron chi connectivity index (χ4n) is 1.85. The molecular weight excluding hydrogens is 263 g/mol. The standard InChI is InChI=1S/C13H11BF3.K/c15-14(16,17)10-12-8-4-5-9-13(12)11-6-2-1-3-7-11;/h1-9H,10H2;/q-1;+1. The Labute approximate surface area is 147 Å². The van der Waals surface area contributed by atoms with Crippen molar-refractivity contribution in [2.45, 2.75) is 6.32 Å². The first-order chi connectivity index (χ1) is 8.06. The summed E-state index contributed by atoms with van der Waals surface area (Å²) in [6.07, 6.45) is -0.828. The summed E-state index contributed by atoms with van der Waals surface area (Å²) in [6, 6.07) is 15.8. The van der Waals surface area contributed by atoms with Gasteiger partial charge in [0.2, 0.25) is 0 Å². The second-order valence-electron chi connectivity index (χ2n) is 3.94. The zero-order valence-corrected chi connectivity index (χ0v) is 13.2. The molecule has 0 aliphatic heterocycles. The molecule has 0 aromatic heterocycles. The van der Waals surface area contributed by atoms with E-state index in [0.717, 1.165) is 5.56 Å². The van der Waals surface area contributed by atoms with Gasteiger partial charge in [-0.15, -0.1) is 0 Å². The van der Waals surface area contributed by atoms with Crippen LogP contribution in [0.15, 0.2) is 54.6 Å². The van der Waals surface area contributed by atoms with E-state index in [-0.39, 0.29) is 51.4 Å². The molecule has 18 heavy (non-hydrogen) atoms. The third-order valence-corrected chi connectivity index (χ3v) is 2.55. The van der Waals surface area contributed by atoms with Crippen molar-refractivity contribution in [3.63, 3.8) is 0 Å². The third-order valence-electron chi connectivity index (χ3n) is 2.55. The molecule has 0 unspecified atom stereocenters. The number of benzene rings is 2. The molecule has 0 heterocycles. The average molecular weight is 274 g/mol. The first-order valence-corrected chi connectivity index (χ1v) is 5.40. The van der Waals surface area contributed by atoms with E-state index < -0.39 is 13.3 Å². The summed E-state index contributed by atoms with van der Waals surface area (Å²) in [7, 11) is 0. The van der Waals surface area contributed by atoms with E-state index in [4.69, 9.17) is 0 Å². The van der Waals surface area contributed by atoms with E-state index in [9.17, 15) is 12.9 Å². The van der Waals surface area contributed by atoms with Crippen LogP contribution in [0.5, 0.6) is 0 Å². The van der Waals surface area contributed by atoms with Gasteiger partial charge in [0.15, 0.2) is 0 Å². The monoisotopic (exact) mass is 274 g/mol. The average Bonchev–Trinajstić information content (AvgIpc) is 2.29. The SMILES string of the molecule is F[B-](F)(F)Cc1ccccc1-c1ccccc1.[K+]. The molecule has 0 saturated carbocycles. The smallest absolute Gasteiger partial charge is 0.449 e. The Bertz CT molecular complexity index is 497. The van der Waals surface area contributed by atoms with Crippen molar-refractivity contribution in [2.75, 3.05) is 0 Å². The van der Waals surface area contributed by atoms with Gasteiger partial charge >= 0.3 is 58.4 Å². The third kappa shape index (κ3) is 4.55. The largest absolute Gasteiger partial charge is 1.00 e. The Morgan fingerprint density at radius 3 is 1.94 bits per heavy atom. The van der Waals surface area contributed by atoms with Gasteiger partial charge in [-0.1, -0.05) is 66.5 Å². The van der Waals surface area contributed by atoms with E-state index in [1.54, 1.807) is 18.2 Å². The summed E-state index contributed by atoms with van der Waals surface area (Å²) in [4.78, 5) is 0. The Morgan fingerprint density at radius 1 is 0.778 bits per heavy atom. The van der Waals surface area contributed by atoms with Crippen LogP contribution in [-0.2, 0) is 6.32 Å². The van der Waals surface area contributed by atoms with Crippen LogP contribution in [0, 0.1) is 0 Å². The van der Waals surface area contributed by atoms with Gasteiger partial charge in [-0.25, -0.2) is 0 Å². The zero-order chi connectivity index (χ0) is 12.3. The van der Waals surface area contributed by atoms with Crippen LogP contribution < -0.4 is 51.4 Å². The normalized spacial score (nSPS) is 10.8. The fraction of sp³-hybridized carbons (Fsp3) is 0.0769. The molecule has 0 bridgehead atoms. The number of rotatable bonds is 3. The fourth-order valence-corrected chi connectivity index (χ4v) is 1.85. The quantitative estimate of drug-likeness (QED) is 0.740. The minimum atomic E-state index is -4.80. The molecule has 0 aliphatic carbocycles. The van der Waals surface area contributed by atoms with Crippen molar-refractivity contribution in [3.05, 3.63) is 60.2 Å². The predicted octanol–water partition coefficient (Wildman–Crippen LogP) is 1.29. The summed E-state index contributed by atoms with van der Waals surface area (Å²) >= 11 is 0. The molecule has 0 fully saturated rings. The topological polar surface area (TPSA) is 0 Å². The molecule has 2 aromatic rings. The Kier molecular flexibility index (Phi) is 6.14. The number of hydrogen-bond donors (Lipinski definition) is 0. The number of halogens is 3. The Hall–Kier alpha value is -0.0687. The molecule has 0 N–H and O–H groups in total. The second-order valence-corrected chi connectivity index (χ2v) is 3.94. The molecule has 0 nitrogen and oxygen atoms in total. The minimum absolute atomic E-state index is 0. The molecule has 0 amide bonds. The summed E-state index contributed by atoms with van der Waals surface area (Å²) in [5, 5.41) is 0. The van der Waals surface area contributed by atoms with E-state index in [1.165, 1.54) is 6.07 Å². The molecule has 0 aliphatic rings. The Balaban J connectivity index is 0.00000162. The van der Waals surface area contributed by atoms with Crippen LogP contribution in [0.3, 0.4) is 0 Å². The van der Waals surface area contributed by atoms with Crippen LogP contribution in [0.1, 0.15) is 5.56 Å². The van der Waals surface area contributed by atoms with E-state index in [0.29, 0.717) is 11.1 Å². The molecular formula is C13H11BF3K. The maximum absolute atomic E-state index is 12.5. The zero-order valence-electron chi connectivity index (χ0n) is 10.1. The van der Waals surface area contributed by atoms with Gasteiger partial charge in [0.25, 0.3) is 0 Å². The molecule has 0 spiro atoms. The Morgan fingerprint density at radius 2 is 1.33 bits per heavy atom.